The number of alkyl halides is 1. The van der Waals surface area contributed by atoms with Crippen molar-refractivity contribution < 1.29 is 9.47 Å². The fourth-order valence-corrected chi connectivity index (χ4v) is 4.45. The Morgan fingerprint density at radius 1 is 0.810 bits per heavy atom. The first-order valence-electron chi connectivity index (χ1n) is 6.83. The molecule has 0 spiro atoms. The Morgan fingerprint density at radius 3 is 1.57 bits per heavy atom. The summed E-state index contributed by atoms with van der Waals surface area (Å²) in [6.07, 6.45) is 1.00. The van der Waals surface area contributed by atoms with E-state index < -0.39 is 0 Å². The Labute approximate surface area is 134 Å². The average Bonchev–Trinajstić information content (AvgIpc) is 2.56. The maximum atomic E-state index is 5.88. The molecule has 0 amide bonds. The van der Waals surface area contributed by atoms with E-state index >= 15 is 0 Å². The van der Waals surface area contributed by atoms with Gasteiger partial charge in [-0.2, -0.15) is 0 Å². The summed E-state index contributed by atoms with van der Waals surface area (Å²) >= 11 is 5.88. The third-order valence-electron chi connectivity index (χ3n) is 3.17. The van der Waals surface area contributed by atoms with E-state index in [1.54, 1.807) is 14.2 Å². The van der Waals surface area contributed by atoms with Gasteiger partial charge in [-0.25, -0.2) is 0 Å². The Bertz CT molecular complexity index is 492. The molecule has 2 rings (SSSR count). The minimum absolute atomic E-state index is 0.0328. The van der Waals surface area contributed by atoms with Crippen molar-refractivity contribution in [1.29, 1.82) is 0 Å². The predicted molar refractivity (Wildman–Crippen MR) is 90.1 cm³/mol. The van der Waals surface area contributed by atoms with Gasteiger partial charge in [-0.1, -0.05) is 0 Å². The molecule has 0 aromatic heterocycles. The Hall–Kier alpha value is -1.32. The van der Waals surface area contributed by atoms with Crippen molar-refractivity contribution in [3.05, 3.63) is 48.5 Å². The van der Waals surface area contributed by atoms with Crippen LogP contribution < -0.4 is 9.47 Å². The topological polar surface area (TPSA) is 18.5 Å². The largest absolute Gasteiger partial charge is 0.497 e. The molecule has 2 nitrogen and oxygen atoms in total. The van der Waals surface area contributed by atoms with Gasteiger partial charge in [0, 0.05) is 12.3 Å². The zero-order chi connectivity index (χ0) is 15.1. The van der Waals surface area contributed by atoms with Crippen molar-refractivity contribution in [1.82, 2.24) is 0 Å². The van der Waals surface area contributed by atoms with Crippen LogP contribution in [0.25, 0.3) is 0 Å². The molecular formula is C17H20ClO2S+. The molecule has 21 heavy (non-hydrogen) atoms. The minimum Gasteiger partial charge on any atom is -0.497 e. The van der Waals surface area contributed by atoms with Gasteiger partial charge in [0.2, 0.25) is 0 Å². The second-order valence-corrected chi connectivity index (χ2v) is 7.00. The van der Waals surface area contributed by atoms with Crippen molar-refractivity contribution >= 4 is 22.5 Å². The van der Waals surface area contributed by atoms with E-state index in [4.69, 9.17) is 21.1 Å². The average molecular weight is 324 g/mol. The van der Waals surface area contributed by atoms with Crippen LogP contribution in [0.5, 0.6) is 11.5 Å². The van der Waals surface area contributed by atoms with Crippen LogP contribution >= 0.6 is 11.6 Å². The Balaban J connectivity index is 2.26. The van der Waals surface area contributed by atoms with Crippen LogP contribution in [-0.2, 0) is 10.9 Å². The van der Waals surface area contributed by atoms with Crippen LogP contribution in [0.1, 0.15) is 6.42 Å². The molecule has 0 N–H and O–H groups in total. The minimum atomic E-state index is 0.0328. The summed E-state index contributed by atoms with van der Waals surface area (Å²) in [7, 11) is 3.41. The molecule has 0 heterocycles. The van der Waals surface area contributed by atoms with E-state index in [0.29, 0.717) is 5.88 Å². The SMILES string of the molecule is COc1ccc([S+](CCCCl)c2ccc(OC)cc2)cc1. The molecule has 0 atom stereocenters. The number of methoxy groups -OCH3 is 2. The second kappa shape index (κ2) is 8.20. The van der Waals surface area contributed by atoms with Crippen LogP contribution in [0.2, 0.25) is 0 Å². The lowest BCUT2D eigenvalue weighted by atomic mass is 10.3. The van der Waals surface area contributed by atoms with Crippen LogP contribution in [0.15, 0.2) is 58.3 Å². The highest BCUT2D eigenvalue weighted by Gasteiger charge is 2.24. The lowest BCUT2D eigenvalue weighted by Crippen LogP contribution is -2.09. The van der Waals surface area contributed by atoms with Gasteiger partial charge in [0.15, 0.2) is 9.79 Å². The summed E-state index contributed by atoms with van der Waals surface area (Å²) in [5.74, 6) is 3.52. The number of halogens is 1. The van der Waals surface area contributed by atoms with Gasteiger partial charge in [0.05, 0.1) is 25.1 Å². The van der Waals surface area contributed by atoms with E-state index in [0.717, 1.165) is 23.7 Å². The quantitative estimate of drug-likeness (QED) is 0.556. The molecular weight excluding hydrogens is 304 g/mol. The van der Waals surface area contributed by atoms with Gasteiger partial charge in [-0.3, -0.25) is 0 Å². The summed E-state index contributed by atoms with van der Waals surface area (Å²) in [4.78, 5) is 2.62. The number of rotatable bonds is 7. The van der Waals surface area contributed by atoms with E-state index in [1.165, 1.54) is 9.79 Å². The molecule has 0 aliphatic carbocycles. The lowest BCUT2D eigenvalue weighted by Gasteiger charge is -2.09. The summed E-state index contributed by atoms with van der Waals surface area (Å²) in [6.45, 7) is 0. The number of benzene rings is 2. The maximum absolute atomic E-state index is 5.88. The molecule has 0 saturated carbocycles. The standard InChI is InChI=1S/C17H20ClO2S/c1-19-14-4-8-16(9-5-14)21(13-3-12-18)17-10-6-15(20-2)7-11-17/h4-11H,3,12-13H2,1-2H3/q+1. The van der Waals surface area contributed by atoms with Crippen molar-refractivity contribution in [3.63, 3.8) is 0 Å². The van der Waals surface area contributed by atoms with Crippen LogP contribution in [0.3, 0.4) is 0 Å². The monoisotopic (exact) mass is 323 g/mol. The van der Waals surface area contributed by atoms with E-state index in [-0.39, 0.29) is 10.9 Å². The first-order chi connectivity index (χ1) is 10.3. The highest BCUT2D eigenvalue weighted by Crippen LogP contribution is 2.27. The van der Waals surface area contributed by atoms with Gasteiger partial charge in [-0.15, -0.1) is 11.6 Å². The van der Waals surface area contributed by atoms with Gasteiger partial charge >= 0.3 is 0 Å². The fraction of sp³-hybridized carbons (Fsp3) is 0.294. The van der Waals surface area contributed by atoms with Crippen LogP contribution in [0.4, 0.5) is 0 Å². The molecule has 2 aromatic rings. The number of ether oxygens (including phenoxy) is 2. The fourth-order valence-electron chi connectivity index (χ4n) is 2.05. The maximum Gasteiger partial charge on any atom is 0.160 e. The molecule has 112 valence electrons. The molecule has 0 saturated heterocycles. The highest BCUT2D eigenvalue weighted by molar-refractivity contribution is 7.97. The third kappa shape index (κ3) is 4.32. The van der Waals surface area contributed by atoms with Crippen molar-refractivity contribution in [2.24, 2.45) is 0 Å². The van der Waals surface area contributed by atoms with Crippen molar-refractivity contribution in [2.75, 3.05) is 25.9 Å². The van der Waals surface area contributed by atoms with Gasteiger partial charge in [0.25, 0.3) is 0 Å². The molecule has 4 heteroatoms. The predicted octanol–water partition coefficient (Wildman–Crippen LogP) is 4.37. The molecule has 0 bridgehead atoms. The highest BCUT2D eigenvalue weighted by atomic mass is 35.5. The Morgan fingerprint density at radius 2 is 1.24 bits per heavy atom. The smallest absolute Gasteiger partial charge is 0.160 e. The van der Waals surface area contributed by atoms with Gasteiger partial charge < -0.3 is 9.47 Å². The number of hydrogen-bond donors (Lipinski definition) is 0. The zero-order valence-corrected chi connectivity index (χ0v) is 13.9. The molecule has 2 aromatic carbocycles. The normalized spacial score (nSPS) is 10.7. The van der Waals surface area contributed by atoms with Crippen molar-refractivity contribution in [3.8, 4) is 11.5 Å². The van der Waals surface area contributed by atoms with Gasteiger partial charge in [0.1, 0.15) is 17.3 Å². The third-order valence-corrected chi connectivity index (χ3v) is 5.82. The first kappa shape index (κ1) is 16.1. The molecule has 0 radical (unpaired) electrons. The molecule has 0 aliphatic rings. The zero-order valence-electron chi connectivity index (χ0n) is 12.3. The summed E-state index contributed by atoms with van der Waals surface area (Å²) in [5.41, 5.74) is 0. The van der Waals surface area contributed by atoms with Crippen molar-refractivity contribution in [2.45, 2.75) is 16.2 Å². The molecule has 0 fully saturated rings. The second-order valence-electron chi connectivity index (χ2n) is 4.49. The van der Waals surface area contributed by atoms with E-state index in [1.807, 2.05) is 24.3 Å². The summed E-state index contributed by atoms with van der Waals surface area (Å²) in [5, 5.41) is 0. The van der Waals surface area contributed by atoms with Crippen LogP contribution in [-0.4, -0.2) is 25.9 Å². The summed E-state index contributed by atoms with van der Waals surface area (Å²) in [6, 6.07) is 16.6. The van der Waals surface area contributed by atoms with Crippen LogP contribution in [0, 0.1) is 0 Å². The van der Waals surface area contributed by atoms with E-state index in [2.05, 4.69) is 24.3 Å². The summed E-state index contributed by atoms with van der Waals surface area (Å²) < 4.78 is 10.5. The van der Waals surface area contributed by atoms with Gasteiger partial charge in [-0.05, 0) is 48.5 Å². The first-order valence-corrected chi connectivity index (χ1v) is 8.76. The van der Waals surface area contributed by atoms with E-state index in [9.17, 15) is 0 Å². The molecule has 0 unspecified atom stereocenters. The lowest BCUT2D eigenvalue weighted by molar-refractivity contribution is 0.414. The Kier molecular flexibility index (Phi) is 6.27. The molecule has 0 aliphatic heterocycles. The number of hydrogen-bond acceptors (Lipinski definition) is 2.